The van der Waals surface area contributed by atoms with Crippen LogP contribution in [0.1, 0.15) is 117 Å². The van der Waals surface area contributed by atoms with Crippen LogP contribution in [0.15, 0.2) is 52.2 Å². The van der Waals surface area contributed by atoms with E-state index in [9.17, 15) is 14.4 Å². The van der Waals surface area contributed by atoms with Gasteiger partial charge < -0.3 is 19.2 Å². The predicted octanol–water partition coefficient (Wildman–Crippen LogP) is 7.66. The van der Waals surface area contributed by atoms with Gasteiger partial charge in [-0.1, -0.05) is 84.8 Å². The van der Waals surface area contributed by atoms with Crippen LogP contribution in [0, 0.1) is 11.8 Å². The number of piperidine rings is 2. The summed E-state index contributed by atoms with van der Waals surface area (Å²) in [5.41, 5.74) is 1.34. The van der Waals surface area contributed by atoms with E-state index in [4.69, 9.17) is 0 Å². The Morgan fingerprint density at radius 1 is 0.826 bits per heavy atom. The molecule has 2 saturated carbocycles. The van der Waals surface area contributed by atoms with Gasteiger partial charge in [0.05, 0.1) is 30.1 Å². The van der Waals surface area contributed by atoms with Crippen molar-refractivity contribution in [2.24, 2.45) is 11.8 Å². The molecular weight excluding hydrogens is 576 g/mol. The number of carbonyl (C=O) groups is 1. The Hall–Kier alpha value is -3.26. The van der Waals surface area contributed by atoms with Gasteiger partial charge in [0.2, 0.25) is 0 Å². The minimum absolute atomic E-state index is 0.0611. The number of esters is 1. The van der Waals surface area contributed by atoms with Crippen molar-refractivity contribution < 1.29 is 9.53 Å². The number of benzene rings is 1. The first kappa shape index (κ1) is 35.6. The number of hydrogen-bond acceptors (Lipinski definition) is 6. The second-order valence-corrected chi connectivity index (χ2v) is 12.8. The third-order valence-corrected chi connectivity index (χ3v) is 10.0. The molecule has 0 amide bonds. The van der Waals surface area contributed by atoms with E-state index in [2.05, 4.69) is 15.0 Å². The second-order valence-electron chi connectivity index (χ2n) is 12.8. The molecule has 7 rings (SSSR count). The zero-order valence-corrected chi connectivity index (χ0v) is 28.8. The van der Waals surface area contributed by atoms with E-state index in [0.29, 0.717) is 17.6 Å². The lowest BCUT2D eigenvalue weighted by molar-refractivity contribution is -0.140. The van der Waals surface area contributed by atoms with Crippen LogP contribution in [0.5, 0.6) is 0 Å². The van der Waals surface area contributed by atoms with Crippen LogP contribution in [0.2, 0.25) is 0 Å². The number of nitrogens with zero attached hydrogens (tertiary/aromatic N) is 3. The van der Waals surface area contributed by atoms with Gasteiger partial charge in [0.1, 0.15) is 5.69 Å². The average molecular weight is 633 g/mol. The molecule has 8 nitrogen and oxygen atoms in total. The van der Waals surface area contributed by atoms with Gasteiger partial charge in [-0.15, -0.1) is 0 Å². The summed E-state index contributed by atoms with van der Waals surface area (Å²) in [5, 5.41) is 3.69. The van der Waals surface area contributed by atoms with Crippen LogP contribution in [0.25, 0.3) is 22.3 Å². The van der Waals surface area contributed by atoms with Crippen LogP contribution in [-0.2, 0) is 16.1 Å². The largest absolute Gasteiger partial charge is 0.469 e. The maximum atomic E-state index is 13.8. The van der Waals surface area contributed by atoms with E-state index in [1.165, 1.54) is 30.9 Å². The molecule has 2 aliphatic heterocycles. The molecule has 1 N–H and O–H groups in total. The fourth-order valence-electron chi connectivity index (χ4n) is 7.97. The molecule has 46 heavy (non-hydrogen) atoms. The highest BCUT2D eigenvalue weighted by Crippen LogP contribution is 2.39. The van der Waals surface area contributed by atoms with E-state index in [1.807, 2.05) is 56.5 Å². The zero-order valence-electron chi connectivity index (χ0n) is 28.8. The first-order valence-corrected chi connectivity index (χ1v) is 18.0. The number of aromatic nitrogens is 3. The topological polar surface area (TPSA) is 95.2 Å². The van der Waals surface area contributed by atoms with Crippen molar-refractivity contribution in [2.75, 3.05) is 7.11 Å². The van der Waals surface area contributed by atoms with Crippen molar-refractivity contribution >= 4 is 17.0 Å². The normalized spacial score (nSPS) is 24.6. The highest BCUT2D eigenvalue weighted by molar-refractivity contribution is 5.78. The number of fused-ring (bicyclic) bond motifs is 5. The Morgan fingerprint density at radius 2 is 1.43 bits per heavy atom. The van der Waals surface area contributed by atoms with Gasteiger partial charge in [0, 0.05) is 30.9 Å². The van der Waals surface area contributed by atoms with E-state index < -0.39 is 5.97 Å². The van der Waals surface area contributed by atoms with Crippen LogP contribution >= 0.6 is 0 Å². The van der Waals surface area contributed by atoms with E-state index in [1.54, 1.807) is 50.4 Å². The molecule has 2 unspecified atom stereocenters. The van der Waals surface area contributed by atoms with Gasteiger partial charge in [0.25, 0.3) is 11.1 Å². The highest BCUT2D eigenvalue weighted by atomic mass is 16.5. The number of nitrogens with one attached hydrogen (secondary N) is 1. The van der Waals surface area contributed by atoms with Crippen LogP contribution < -0.4 is 16.4 Å². The maximum Gasteiger partial charge on any atom is 0.307 e. The number of para-hydroxylation sites is 2. The summed E-state index contributed by atoms with van der Waals surface area (Å²) in [4.78, 5) is 43.2. The minimum Gasteiger partial charge on any atom is -0.469 e. The SMILES string of the molecule is C1CC2CCCC(C1)C2.CC.CC.COC(=O)CCn1cccc(-c2nc3ccccc3n(C3CC4CCCC(C3)N4)c2=O)c1=O. The highest BCUT2D eigenvalue weighted by Gasteiger charge is 2.34. The quantitative estimate of drug-likeness (QED) is 0.290. The molecule has 2 aromatic heterocycles. The fourth-order valence-corrected chi connectivity index (χ4v) is 7.97. The second kappa shape index (κ2) is 17.6. The van der Waals surface area contributed by atoms with Crippen LogP contribution in [0.3, 0.4) is 0 Å². The maximum absolute atomic E-state index is 13.8. The summed E-state index contributed by atoms with van der Waals surface area (Å²) < 4.78 is 7.99. The number of methoxy groups -OCH3 is 1. The molecule has 2 saturated heterocycles. The number of aryl methyl sites for hydroxylation is 1. The Balaban J connectivity index is 0.000000310. The third-order valence-electron chi connectivity index (χ3n) is 10.0. The fraction of sp³-hybridized carbons (Fsp3) is 0.632. The molecule has 4 heterocycles. The van der Waals surface area contributed by atoms with Crippen LogP contribution in [0.4, 0.5) is 0 Å². The Kier molecular flexibility index (Phi) is 13.6. The van der Waals surface area contributed by atoms with Crippen molar-refractivity contribution in [3.05, 3.63) is 63.3 Å². The molecule has 1 aromatic carbocycles. The first-order valence-electron chi connectivity index (χ1n) is 18.0. The molecule has 8 heteroatoms. The summed E-state index contributed by atoms with van der Waals surface area (Å²) in [5.74, 6) is 1.91. The molecule has 4 aliphatic rings. The molecular formula is C38H56N4O4. The molecule has 4 fully saturated rings. The Labute approximate surface area is 275 Å². The van der Waals surface area contributed by atoms with Crippen molar-refractivity contribution in [2.45, 2.75) is 136 Å². The molecule has 2 atom stereocenters. The standard InChI is InChI=1S/C25H28N4O4.C9H16.2C2H6/c1-33-22(30)11-13-28-12-5-8-19(24(28)31)23-25(32)29(21-10-3-2-9-20(21)27-23)18-14-16-6-4-7-17(15-18)26-16;1-3-8-5-2-6-9(4-1)7-8;2*1-2/h2-3,5,8-10,12,16-18,26H,4,6-7,11,13-15H2,1H3;8-9H,1-7H2;2*1-2H3. The van der Waals surface area contributed by atoms with Crippen molar-refractivity contribution in [1.29, 1.82) is 0 Å². The van der Waals surface area contributed by atoms with E-state index in [0.717, 1.165) is 43.0 Å². The lowest BCUT2D eigenvalue weighted by Gasteiger charge is -2.41. The number of hydrogen-bond donors (Lipinski definition) is 1. The number of rotatable bonds is 5. The molecule has 0 spiro atoms. The van der Waals surface area contributed by atoms with Crippen LogP contribution in [-0.4, -0.2) is 39.3 Å². The van der Waals surface area contributed by atoms with E-state index in [-0.39, 0.29) is 41.4 Å². The van der Waals surface area contributed by atoms with E-state index >= 15 is 0 Å². The number of ether oxygens (including phenoxy) is 1. The van der Waals surface area contributed by atoms with Gasteiger partial charge in [-0.25, -0.2) is 4.98 Å². The zero-order chi connectivity index (χ0) is 33.1. The Morgan fingerprint density at radius 3 is 2.04 bits per heavy atom. The monoisotopic (exact) mass is 632 g/mol. The van der Waals surface area contributed by atoms with Gasteiger partial charge in [0.15, 0.2) is 0 Å². The van der Waals surface area contributed by atoms with Gasteiger partial charge in [-0.3, -0.25) is 14.4 Å². The van der Waals surface area contributed by atoms with Gasteiger partial charge in [-0.2, -0.15) is 0 Å². The third kappa shape index (κ3) is 8.55. The molecule has 4 bridgehead atoms. The summed E-state index contributed by atoms with van der Waals surface area (Å²) in [6, 6.07) is 11.9. The van der Waals surface area contributed by atoms with Gasteiger partial charge >= 0.3 is 5.97 Å². The summed E-state index contributed by atoms with van der Waals surface area (Å²) in [6.45, 7) is 8.18. The van der Waals surface area contributed by atoms with Crippen molar-refractivity contribution in [3.63, 3.8) is 0 Å². The summed E-state index contributed by atoms with van der Waals surface area (Å²) >= 11 is 0. The molecule has 0 radical (unpaired) electrons. The van der Waals surface area contributed by atoms with Crippen molar-refractivity contribution in [1.82, 2.24) is 19.4 Å². The van der Waals surface area contributed by atoms with Crippen molar-refractivity contribution in [3.8, 4) is 11.3 Å². The lowest BCUT2D eigenvalue weighted by Crippen LogP contribution is -2.50. The number of pyridine rings is 1. The summed E-state index contributed by atoms with van der Waals surface area (Å²) in [6.07, 6.45) is 17.8. The minimum atomic E-state index is -0.394. The Bertz CT molecular complexity index is 1500. The molecule has 2 aliphatic carbocycles. The predicted molar refractivity (Wildman–Crippen MR) is 187 cm³/mol. The first-order chi connectivity index (χ1) is 22.5. The smallest absolute Gasteiger partial charge is 0.307 e. The average Bonchev–Trinajstić information content (AvgIpc) is 3.09. The molecule has 3 aromatic rings. The van der Waals surface area contributed by atoms with Gasteiger partial charge in [-0.05, 0) is 68.2 Å². The molecule has 252 valence electrons. The number of carbonyl (C=O) groups excluding carboxylic acids is 1. The summed E-state index contributed by atoms with van der Waals surface area (Å²) in [7, 11) is 1.32. The lowest BCUT2D eigenvalue weighted by atomic mass is 9.72.